The Morgan fingerprint density at radius 1 is 1.45 bits per heavy atom. The molecule has 0 saturated carbocycles. The predicted octanol–water partition coefficient (Wildman–Crippen LogP) is 5.02. The lowest BCUT2D eigenvalue weighted by Gasteiger charge is -2.44. The minimum atomic E-state index is -0.655. The van der Waals surface area contributed by atoms with Crippen molar-refractivity contribution in [3.05, 3.63) is 39.3 Å². The van der Waals surface area contributed by atoms with Crippen molar-refractivity contribution in [1.82, 2.24) is 0 Å². The monoisotopic (exact) mass is 355 g/mol. The third-order valence-electron chi connectivity index (χ3n) is 4.03. The number of hydrogen-bond acceptors (Lipinski definition) is 2. The van der Waals surface area contributed by atoms with Crippen molar-refractivity contribution in [2.45, 2.75) is 45.1 Å². The number of Topliss-reactive ketones (excluding diaryl/α,β-unsaturated/α-hetero) is 1. The van der Waals surface area contributed by atoms with Gasteiger partial charge >= 0.3 is 0 Å². The molecule has 1 atom stereocenters. The van der Waals surface area contributed by atoms with Gasteiger partial charge in [-0.25, -0.2) is 0 Å². The van der Waals surface area contributed by atoms with E-state index in [2.05, 4.69) is 27.8 Å². The summed E-state index contributed by atoms with van der Waals surface area (Å²) in [6.45, 7) is 11.6. The molecule has 1 aliphatic heterocycles. The number of allylic oxidation sites excluding steroid dienone is 1. The molecule has 108 valence electrons. The Hall–Kier alpha value is -0.800. The van der Waals surface area contributed by atoms with E-state index >= 15 is 0 Å². The molecule has 4 heteroatoms. The second-order valence-corrected chi connectivity index (χ2v) is 7.38. The number of benzene rings is 1. The highest BCUT2D eigenvalue weighted by Crippen LogP contribution is 2.49. The van der Waals surface area contributed by atoms with Crippen LogP contribution in [0.3, 0.4) is 0 Å². The summed E-state index contributed by atoms with van der Waals surface area (Å²) in [4.78, 5) is 12.9. The lowest BCUT2D eigenvalue weighted by Crippen LogP contribution is -2.55. The maximum atomic E-state index is 12.9. The average molecular weight is 357 g/mol. The highest BCUT2D eigenvalue weighted by atomic mass is 79.9. The Labute approximate surface area is 133 Å². The van der Waals surface area contributed by atoms with Crippen LogP contribution in [0.15, 0.2) is 23.2 Å². The van der Waals surface area contributed by atoms with Gasteiger partial charge in [0, 0.05) is 15.7 Å². The number of hydrogen-bond donors (Lipinski definition) is 1. The number of halogens is 2. The van der Waals surface area contributed by atoms with Crippen LogP contribution in [0.5, 0.6) is 0 Å². The zero-order valence-electron chi connectivity index (χ0n) is 12.2. The molecule has 0 bridgehead atoms. The number of fused-ring (bicyclic) bond motifs is 1. The zero-order valence-corrected chi connectivity index (χ0v) is 14.6. The number of aryl methyl sites for hydroxylation is 1. The van der Waals surface area contributed by atoms with Crippen LogP contribution in [0.25, 0.3) is 0 Å². The van der Waals surface area contributed by atoms with Crippen molar-refractivity contribution in [2.24, 2.45) is 0 Å². The van der Waals surface area contributed by atoms with Crippen LogP contribution in [-0.2, 0) is 10.2 Å². The second kappa shape index (κ2) is 4.88. The third-order valence-corrected chi connectivity index (χ3v) is 5.27. The summed E-state index contributed by atoms with van der Waals surface area (Å²) in [5.41, 5.74) is 1.64. The molecule has 1 aromatic rings. The normalized spacial score (nSPS) is 24.0. The quantitative estimate of drug-likeness (QED) is 0.754. The van der Waals surface area contributed by atoms with E-state index in [-0.39, 0.29) is 5.78 Å². The fourth-order valence-electron chi connectivity index (χ4n) is 3.09. The first-order valence-electron chi connectivity index (χ1n) is 6.58. The van der Waals surface area contributed by atoms with E-state index in [1.54, 1.807) is 6.08 Å². The first kappa shape index (κ1) is 15.6. The molecule has 0 aromatic heterocycles. The van der Waals surface area contributed by atoms with Crippen LogP contribution in [-0.4, -0.2) is 11.3 Å². The molecule has 0 amide bonds. The van der Waals surface area contributed by atoms with Gasteiger partial charge in [0.25, 0.3) is 0 Å². The molecule has 1 heterocycles. The van der Waals surface area contributed by atoms with Crippen LogP contribution in [0.2, 0.25) is 5.02 Å². The number of ketones is 1. The lowest BCUT2D eigenvalue weighted by molar-refractivity contribution is -0.128. The molecule has 1 aliphatic rings. The molecule has 0 radical (unpaired) electrons. The molecule has 0 spiro atoms. The summed E-state index contributed by atoms with van der Waals surface area (Å²) < 4.78 is 0.819. The SMILES string of the molecule is C=CCC1(C)C(=O)C(C)(C)Nc2c(C)cc(Br)c(Cl)c21. The van der Waals surface area contributed by atoms with Gasteiger partial charge in [-0.3, -0.25) is 4.79 Å². The zero-order chi connectivity index (χ0) is 15.3. The Bertz CT molecular complexity index is 609. The van der Waals surface area contributed by atoms with E-state index in [1.165, 1.54) is 0 Å². The molecular formula is C16H19BrClNO. The molecule has 1 aromatic carbocycles. The Morgan fingerprint density at radius 3 is 2.60 bits per heavy atom. The van der Waals surface area contributed by atoms with E-state index in [1.807, 2.05) is 33.8 Å². The lowest BCUT2D eigenvalue weighted by atomic mass is 9.66. The maximum absolute atomic E-state index is 12.9. The van der Waals surface area contributed by atoms with E-state index in [4.69, 9.17) is 11.6 Å². The number of carbonyl (C=O) groups is 1. The number of anilines is 1. The number of rotatable bonds is 2. The maximum Gasteiger partial charge on any atom is 0.168 e. The molecule has 0 fully saturated rings. The average Bonchev–Trinajstić information content (AvgIpc) is 2.33. The fraction of sp³-hybridized carbons (Fsp3) is 0.438. The standard InChI is InChI=1S/C16H19BrClNO/c1-6-7-16(5)11-12(18)10(17)8-9(2)13(11)19-15(3,4)14(16)20/h6,8,19H,1,7H2,2-5H3. The molecule has 0 saturated heterocycles. The summed E-state index contributed by atoms with van der Waals surface area (Å²) in [7, 11) is 0. The van der Waals surface area contributed by atoms with E-state index < -0.39 is 11.0 Å². The van der Waals surface area contributed by atoms with Gasteiger partial charge in [-0.2, -0.15) is 0 Å². The summed E-state index contributed by atoms with van der Waals surface area (Å²) in [5, 5.41) is 3.95. The minimum absolute atomic E-state index is 0.136. The van der Waals surface area contributed by atoms with Crippen LogP contribution in [0.4, 0.5) is 5.69 Å². The van der Waals surface area contributed by atoms with Crippen LogP contribution >= 0.6 is 27.5 Å². The van der Waals surface area contributed by atoms with E-state index in [9.17, 15) is 4.79 Å². The first-order valence-corrected chi connectivity index (χ1v) is 7.75. The second-order valence-electron chi connectivity index (χ2n) is 6.14. The van der Waals surface area contributed by atoms with Crippen molar-refractivity contribution < 1.29 is 4.79 Å². The molecular weight excluding hydrogens is 338 g/mol. The Balaban J connectivity index is 2.85. The van der Waals surface area contributed by atoms with Crippen LogP contribution in [0, 0.1) is 6.92 Å². The molecule has 2 rings (SSSR count). The number of carbonyl (C=O) groups excluding carboxylic acids is 1. The highest BCUT2D eigenvalue weighted by molar-refractivity contribution is 9.10. The highest BCUT2D eigenvalue weighted by Gasteiger charge is 2.49. The molecule has 0 aliphatic carbocycles. The van der Waals surface area contributed by atoms with E-state index in [0.29, 0.717) is 11.4 Å². The van der Waals surface area contributed by atoms with Crippen LogP contribution in [0.1, 0.15) is 38.3 Å². The van der Waals surface area contributed by atoms with Crippen molar-refractivity contribution in [3.8, 4) is 0 Å². The third kappa shape index (κ3) is 2.11. The van der Waals surface area contributed by atoms with Gasteiger partial charge in [-0.05, 0) is 61.7 Å². The summed E-state index contributed by atoms with van der Waals surface area (Å²) in [6, 6.07) is 1.98. The van der Waals surface area contributed by atoms with Gasteiger partial charge in [-0.15, -0.1) is 6.58 Å². The van der Waals surface area contributed by atoms with Gasteiger partial charge in [0.1, 0.15) is 0 Å². The smallest absolute Gasteiger partial charge is 0.168 e. The van der Waals surface area contributed by atoms with Gasteiger partial charge < -0.3 is 5.32 Å². The topological polar surface area (TPSA) is 29.1 Å². The van der Waals surface area contributed by atoms with Crippen LogP contribution < -0.4 is 5.32 Å². The van der Waals surface area contributed by atoms with Crippen molar-refractivity contribution in [3.63, 3.8) is 0 Å². The van der Waals surface area contributed by atoms with Gasteiger partial charge in [0.15, 0.2) is 5.78 Å². The molecule has 20 heavy (non-hydrogen) atoms. The summed E-state index contributed by atoms with van der Waals surface area (Å²) in [6.07, 6.45) is 2.36. The van der Waals surface area contributed by atoms with Gasteiger partial charge in [0.05, 0.1) is 16.0 Å². The Morgan fingerprint density at radius 2 is 2.05 bits per heavy atom. The Kier molecular flexibility index (Phi) is 3.81. The molecule has 1 unspecified atom stereocenters. The first-order chi connectivity index (χ1) is 9.15. The summed E-state index contributed by atoms with van der Waals surface area (Å²) >= 11 is 9.97. The van der Waals surface area contributed by atoms with E-state index in [0.717, 1.165) is 21.3 Å². The van der Waals surface area contributed by atoms with Crippen molar-refractivity contribution >= 4 is 39.0 Å². The van der Waals surface area contributed by atoms with Crippen molar-refractivity contribution in [2.75, 3.05) is 5.32 Å². The van der Waals surface area contributed by atoms with Gasteiger partial charge in [0.2, 0.25) is 0 Å². The molecule has 1 N–H and O–H groups in total. The number of nitrogens with one attached hydrogen (secondary N) is 1. The molecule has 2 nitrogen and oxygen atoms in total. The fourth-order valence-corrected chi connectivity index (χ4v) is 3.99. The largest absolute Gasteiger partial charge is 0.373 e. The minimum Gasteiger partial charge on any atom is -0.373 e. The predicted molar refractivity (Wildman–Crippen MR) is 88.8 cm³/mol. The van der Waals surface area contributed by atoms with Crippen molar-refractivity contribution in [1.29, 1.82) is 0 Å². The summed E-state index contributed by atoms with van der Waals surface area (Å²) in [5.74, 6) is 0.136. The van der Waals surface area contributed by atoms with Gasteiger partial charge in [-0.1, -0.05) is 17.7 Å².